The largest absolute Gasteiger partial charge is 0.408 e. The zero-order valence-electron chi connectivity index (χ0n) is 9.43. The molecule has 3 nitrogen and oxygen atoms in total. The molecule has 0 fully saturated rings. The summed E-state index contributed by atoms with van der Waals surface area (Å²) < 4.78 is 43.3. The molecule has 0 bridgehead atoms. The number of alkyl halides is 3. The highest BCUT2D eigenvalue weighted by Crippen LogP contribution is 2.19. The molecule has 0 aromatic carbocycles. The molecule has 0 aliphatic heterocycles. The second-order valence-electron chi connectivity index (χ2n) is 3.64. The van der Waals surface area contributed by atoms with Gasteiger partial charge in [0.1, 0.15) is 12.2 Å². The van der Waals surface area contributed by atoms with Gasteiger partial charge in [0, 0.05) is 12.8 Å². The maximum atomic E-state index is 12.1. The Balaban J connectivity index is 2.50. The van der Waals surface area contributed by atoms with Gasteiger partial charge in [-0.2, -0.15) is 18.3 Å². The van der Waals surface area contributed by atoms with Crippen LogP contribution in [0.3, 0.4) is 0 Å². The summed E-state index contributed by atoms with van der Waals surface area (Å²) in [6, 6.07) is 0. The van der Waals surface area contributed by atoms with Gasteiger partial charge in [-0.05, 0) is 29.0 Å². The number of hydrogen-bond donors (Lipinski definition) is 0. The first-order valence-corrected chi connectivity index (χ1v) is 6.36. The van der Waals surface area contributed by atoms with E-state index in [2.05, 4.69) is 5.10 Å². The Hall–Kier alpha value is -0.310. The van der Waals surface area contributed by atoms with Gasteiger partial charge in [0.05, 0.1) is 10.2 Å². The van der Waals surface area contributed by atoms with Crippen LogP contribution in [0.2, 0.25) is 0 Å². The van der Waals surface area contributed by atoms with Crippen LogP contribution in [0.25, 0.3) is 0 Å². The van der Waals surface area contributed by atoms with Gasteiger partial charge in [0.15, 0.2) is 0 Å². The molecule has 7 heteroatoms. The van der Waals surface area contributed by atoms with Crippen LogP contribution in [0.1, 0.15) is 25.5 Å². The van der Waals surface area contributed by atoms with Crippen molar-refractivity contribution in [1.29, 1.82) is 0 Å². The third-order valence-electron chi connectivity index (χ3n) is 2.01. The minimum Gasteiger partial charge on any atom is -0.375 e. The van der Waals surface area contributed by atoms with E-state index in [4.69, 9.17) is 4.74 Å². The Kier molecular flexibility index (Phi) is 5.71. The Morgan fingerprint density at radius 2 is 2.18 bits per heavy atom. The van der Waals surface area contributed by atoms with Crippen molar-refractivity contribution in [2.45, 2.75) is 39.1 Å². The molecule has 0 saturated carbocycles. The Labute approximate surface area is 111 Å². The van der Waals surface area contributed by atoms with Crippen molar-refractivity contribution in [3.8, 4) is 0 Å². The molecule has 1 rings (SSSR count). The third-order valence-corrected chi connectivity index (χ3v) is 2.91. The lowest BCUT2D eigenvalue weighted by Crippen LogP contribution is -2.18. The molecule has 98 valence electrons. The minimum atomic E-state index is -4.24. The molecule has 0 spiro atoms. The highest BCUT2D eigenvalue weighted by atomic mass is 127. The molecule has 1 heterocycles. The maximum Gasteiger partial charge on any atom is 0.408 e. The summed E-state index contributed by atoms with van der Waals surface area (Å²) in [5.41, 5.74) is 0.561. The SMILES string of the molecule is CCCCOCc1nn(CC(F)(F)F)cc1I. The van der Waals surface area contributed by atoms with Crippen LogP contribution in [0.15, 0.2) is 6.20 Å². The van der Waals surface area contributed by atoms with E-state index < -0.39 is 12.7 Å². The standard InChI is InChI=1S/C10H14F3IN2O/c1-2-3-4-17-6-9-8(14)5-16(15-9)7-10(11,12)13/h5H,2-4,6-7H2,1H3. The Bertz CT molecular complexity index is 352. The summed E-state index contributed by atoms with van der Waals surface area (Å²) >= 11 is 1.96. The fraction of sp³-hybridized carbons (Fsp3) is 0.700. The van der Waals surface area contributed by atoms with Crippen LogP contribution < -0.4 is 0 Å². The van der Waals surface area contributed by atoms with Crippen molar-refractivity contribution in [2.75, 3.05) is 6.61 Å². The highest BCUT2D eigenvalue weighted by molar-refractivity contribution is 14.1. The van der Waals surface area contributed by atoms with E-state index in [0.717, 1.165) is 17.5 Å². The molecule has 1 aromatic rings. The van der Waals surface area contributed by atoms with Gasteiger partial charge in [-0.1, -0.05) is 13.3 Å². The second-order valence-corrected chi connectivity index (χ2v) is 4.80. The van der Waals surface area contributed by atoms with Crippen LogP contribution in [-0.2, 0) is 17.9 Å². The lowest BCUT2D eigenvalue weighted by atomic mass is 10.4. The molecule has 0 saturated heterocycles. The van der Waals surface area contributed by atoms with Crippen LogP contribution in [0, 0.1) is 3.57 Å². The van der Waals surface area contributed by atoms with Gasteiger partial charge in [-0.25, -0.2) is 0 Å². The van der Waals surface area contributed by atoms with Gasteiger partial charge < -0.3 is 4.74 Å². The van der Waals surface area contributed by atoms with Crippen molar-refractivity contribution >= 4 is 22.6 Å². The van der Waals surface area contributed by atoms with E-state index in [-0.39, 0.29) is 6.61 Å². The molecular formula is C10H14F3IN2O. The summed E-state index contributed by atoms with van der Waals surface area (Å²) in [5, 5.41) is 3.86. The van der Waals surface area contributed by atoms with E-state index in [0.29, 0.717) is 15.9 Å². The van der Waals surface area contributed by atoms with Gasteiger partial charge in [0.25, 0.3) is 0 Å². The molecular weight excluding hydrogens is 348 g/mol. The molecule has 0 radical (unpaired) electrons. The first kappa shape index (κ1) is 14.7. The van der Waals surface area contributed by atoms with Crippen LogP contribution >= 0.6 is 22.6 Å². The van der Waals surface area contributed by atoms with E-state index in [1.54, 1.807) is 0 Å². The van der Waals surface area contributed by atoms with Crippen molar-refractivity contribution < 1.29 is 17.9 Å². The number of nitrogens with zero attached hydrogens (tertiary/aromatic N) is 2. The smallest absolute Gasteiger partial charge is 0.375 e. The molecule has 0 aliphatic rings. The third kappa shape index (κ3) is 5.71. The minimum absolute atomic E-state index is 0.267. The van der Waals surface area contributed by atoms with Crippen molar-refractivity contribution in [3.05, 3.63) is 15.5 Å². The first-order chi connectivity index (χ1) is 7.92. The zero-order valence-corrected chi connectivity index (χ0v) is 11.6. The van der Waals surface area contributed by atoms with Crippen molar-refractivity contribution in [3.63, 3.8) is 0 Å². The molecule has 0 N–H and O–H groups in total. The number of unbranched alkanes of at least 4 members (excludes halogenated alkanes) is 1. The molecule has 0 unspecified atom stereocenters. The Morgan fingerprint density at radius 1 is 1.47 bits per heavy atom. The summed E-state index contributed by atoms with van der Waals surface area (Å²) in [4.78, 5) is 0. The number of halogens is 4. The van der Waals surface area contributed by atoms with E-state index in [1.165, 1.54) is 6.20 Å². The van der Waals surface area contributed by atoms with E-state index in [1.807, 2.05) is 29.5 Å². The lowest BCUT2D eigenvalue weighted by molar-refractivity contribution is -0.142. The number of ether oxygens (including phenoxy) is 1. The van der Waals surface area contributed by atoms with Crippen molar-refractivity contribution in [1.82, 2.24) is 9.78 Å². The molecule has 0 aliphatic carbocycles. The fourth-order valence-electron chi connectivity index (χ4n) is 1.21. The van der Waals surface area contributed by atoms with E-state index in [9.17, 15) is 13.2 Å². The van der Waals surface area contributed by atoms with Gasteiger partial charge in [-0.15, -0.1) is 0 Å². The second kappa shape index (κ2) is 6.58. The van der Waals surface area contributed by atoms with Crippen molar-refractivity contribution in [2.24, 2.45) is 0 Å². The molecule has 1 aromatic heterocycles. The van der Waals surface area contributed by atoms with Crippen LogP contribution in [-0.4, -0.2) is 22.6 Å². The predicted molar refractivity (Wildman–Crippen MR) is 65.6 cm³/mol. The number of hydrogen-bond acceptors (Lipinski definition) is 2. The van der Waals surface area contributed by atoms with Crippen LogP contribution in [0.5, 0.6) is 0 Å². The van der Waals surface area contributed by atoms with Gasteiger partial charge in [-0.3, -0.25) is 4.68 Å². The molecule has 0 atom stereocenters. The monoisotopic (exact) mass is 362 g/mol. The number of rotatable bonds is 6. The lowest BCUT2D eigenvalue weighted by Gasteiger charge is -2.05. The topological polar surface area (TPSA) is 27.1 Å². The van der Waals surface area contributed by atoms with Gasteiger partial charge in [0.2, 0.25) is 0 Å². The van der Waals surface area contributed by atoms with Gasteiger partial charge >= 0.3 is 6.18 Å². The fourth-order valence-corrected chi connectivity index (χ4v) is 1.80. The predicted octanol–water partition coefficient (Wildman–Crippen LogP) is 3.37. The zero-order chi connectivity index (χ0) is 12.9. The first-order valence-electron chi connectivity index (χ1n) is 5.28. The summed E-state index contributed by atoms with van der Waals surface area (Å²) in [5.74, 6) is 0. The Morgan fingerprint density at radius 3 is 2.76 bits per heavy atom. The summed E-state index contributed by atoms with van der Waals surface area (Å²) in [6.45, 7) is 1.87. The normalized spacial score (nSPS) is 12.1. The average molecular weight is 362 g/mol. The summed E-state index contributed by atoms with van der Waals surface area (Å²) in [6.07, 6.45) is -0.887. The highest BCUT2D eigenvalue weighted by Gasteiger charge is 2.28. The average Bonchev–Trinajstić information content (AvgIpc) is 2.51. The molecule has 17 heavy (non-hydrogen) atoms. The number of aromatic nitrogens is 2. The summed E-state index contributed by atoms with van der Waals surface area (Å²) in [7, 11) is 0. The molecule has 0 amide bonds. The van der Waals surface area contributed by atoms with Crippen LogP contribution in [0.4, 0.5) is 13.2 Å². The maximum absolute atomic E-state index is 12.1. The quantitative estimate of drug-likeness (QED) is 0.573. The van der Waals surface area contributed by atoms with E-state index >= 15 is 0 Å².